The predicted molar refractivity (Wildman–Crippen MR) is 94.5 cm³/mol. The van der Waals surface area contributed by atoms with Crippen LogP contribution >= 0.6 is 0 Å². The number of aliphatic imine (C=N–C) groups is 1. The smallest absolute Gasteiger partial charge is 0.191 e. The van der Waals surface area contributed by atoms with Gasteiger partial charge < -0.3 is 15.1 Å². The van der Waals surface area contributed by atoms with Crippen molar-refractivity contribution in [3.63, 3.8) is 0 Å². The van der Waals surface area contributed by atoms with Gasteiger partial charge in [0.05, 0.1) is 12.3 Å². The summed E-state index contributed by atoms with van der Waals surface area (Å²) in [6.07, 6.45) is 1.70. The maximum absolute atomic E-state index is 5.52. The van der Waals surface area contributed by atoms with Gasteiger partial charge >= 0.3 is 0 Å². The Bertz CT molecular complexity index is 602. The number of hydrogen-bond acceptors (Lipinski definition) is 3. The summed E-state index contributed by atoms with van der Waals surface area (Å²) in [7, 11) is 5.86. The van der Waals surface area contributed by atoms with Gasteiger partial charge in [-0.3, -0.25) is 9.89 Å². The Morgan fingerprint density at radius 1 is 1.17 bits per heavy atom. The Balaban J connectivity index is 1.88. The third-order valence-electron chi connectivity index (χ3n) is 3.76. The van der Waals surface area contributed by atoms with Crippen LogP contribution < -0.4 is 10.6 Å². The van der Waals surface area contributed by atoms with Gasteiger partial charge in [-0.1, -0.05) is 29.8 Å². The number of hydrogen-bond donors (Lipinski definition) is 2. The molecule has 124 valence electrons. The van der Waals surface area contributed by atoms with Crippen molar-refractivity contribution in [2.45, 2.75) is 19.5 Å². The van der Waals surface area contributed by atoms with Gasteiger partial charge in [0.15, 0.2) is 5.96 Å². The normalized spacial score (nSPS) is 13.2. The van der Waals surface area contributed by atoms with Crippen molar-refractivity contribution in [3.8, 4) is 0 Å². The minimum Gasteiger partial charge on any atom is -0.468 e. The first kappa shape index (κ1) is 17.1. The molecule has 2 N–H and O–H groups in total. The molecule has 0 aliphatic carbocycles. The first-order valence-electron chi connectivity index (χ1n) is 7.80. The van der Waals surface area contributed by atoms with Crippen molar-refractivity contribution in [2.75, 3.05) is 27.7 Å². The van der Waals surface area contributed by atoms with Crippen molar-refractivity contribution >= 4 is 5.96 Å². The van der Waals surface area contributed by atoms with Gasteiger partial charge in [-0.25, -0.2) is 0 Å². The third kappa shape index (κ3) is 5.14. The fourth-order valence-electron chi connectivity index (χ4n) is 2.32. The number of nitrogens with one attached hydrogen (secondary N) is 2. The molecule has 5 heteroatoms. The molecule has 0 saturated carbocycles. The Labute approximate surface area is 138 Å². The average Bonchev–Trinajstić information content (AvgIpc) is 3.06. The Hall–Kier alpha value is -2.27. The molecule has 2 aromatic rings. The van der Waals surface area contributed by atoms with E-state index in [0.29, 0.717) is 6.54 Å². The summed E-state index contributed by atoms with van der Waals surface area (Å²) in [5, 5.41) is 6.69. The molecule has 2 rings (SSSR count). The molecule has 23 heavy (non-hydrogen) atoms. The molecule has 1 atom stereocenters. The van der Waals surface area contributed by atoms with Crippen LogP contribution in [0, 0.1) is 6.92 Å². The minimum absolute atomic E-state index is 0.155. The molecule has 0 radical (unpaired) electrons. The maximum atomic E-state index is 5.52. The fraction of sp³-hybridized carbons (Fsp3) is 0.389. The highest BCUT2D eigenvalue weighted by molar-refractivity contribution is 5.79. The zero-order valence-electron chi connectivity index (χ0n) is 14.3. The number of guanidine groups is 1. The number of furan rings is 1. The summed E-state index contributed by atoms with van der Waals surface area (Å²) in [5.74, 6) is 1.72. The molecule has 0 aliphatic heterocycles. The highest BCUT2D eigenvalue weighted by Crippen LogP contribution is 2.17. The van der Waals surface area contributed by atoms with E-state index in [0.717, 1.165) is 18.3 Å². The monoisotopic (exact) mass is 314 g/mol. The summed E-state index contributed by atoms with van der Waals surface area (Å²) in [6.45, 7) is 3.55. The second-order valence-electron chi connectivity index (χ2n) is 5.79. The lowest BCUT2D eigenvalue weighted by molar-refractivity contribution is 0.258. The van der Waals surface area contributed by atoms with Gasteiger partial charge in [0, 0.05) is 20.1 Å². The summed E-state index contributed by atoms with van der Waals surface area (Å²) in [5.41, 5.74) is 2.50. The number of likely N-dealkylation sites (N-methyl/N-ethyl adjacent to an activating group) is 1. The van der Waals surface area contributed by atoms with Crippen LogP contribution in [0.3, 0.4) is 0 Å². The van der Waals surface area contributed by atoms with Crippen molar-refractivity contribution in [2.24, 2.45) is 4.99 Å². The highest BCUT2D eigenvalue weighted by atomic mass is 16.3. The van der Waals surface area contributed by atoms with Crippen molar-refractivity contribution in [3.05, 3.63) is 59.5 Å². The molecule has 1 aromatic carbocycles. The van der Waals surface area contributed by atoms with Crippen LogP contribution in [0.15, 0.2) is 52.1 Å². The van der Waals surface area contributed by atoms with Crippen molar-refractivity contribution in [1.82, 2.24) is 15.5 Å². The lowest BCUT2D eigenvalue weighted by Crippen LogP contribution is -2.41. The quantitative estimate of drug-likeness (QED) is 0.635. The largest absolute Gasteiger partial charge is 0.468 e. The lowest BCUT2D eigenvalue weighted by atomic mass is 10.1. The third-order valence-corrected chi connectivity index (χ3v) is 3.76. The van der Waals surface area contributed by atoms with Crippen LogP contribution in [-0.4, -0.2) is 38.5 Å². The first-order valence-corrected chi connectivity index (χ1v) is 7.80. The van der Waals surface area contributed by atoms with Crippen LogP contribution in [0.2, 0.25) is 0 Å². The van der Waals surface area contributed by atoms with Gasteiger partial charge in [-0.15, -0.1) is 0 Å². The Kier molecular flexibility index (Phi) is 6.23. The van der Waals surface area contributed by atoms with Crippen molar-refractivity contribution < 1.29 is 4.42 Å². The number of aryl methyl sites for hydroxylation is 1. The molecule has 0 amide bonds. The van der Waals surface area contributed by atoms with Gasteiger partial charge in [-0.05, 0) is 38.7 Å². The van der Waals surface area contributed by atoms with Crippen LogP contribution in [0.4, 0.5) is 0 Å². The second kappa shape index (κ2) is 8.39. The van der Waals surface area contributed by atoms with Gasteiger partial charge in [-0.2, -0.15) is 0 Å². The molecule has 1 heterocycles. The van der Waals surface area contributed by atoms with Gasteiger partial charge in [0.2, 0.25) is 0 Å². The molecule has 1 aromatic heterocycles. The standard InChI is InChI=1S/C18H26N4O/c1-14-7-9-15(10-8-14)12-20-18(19-2)21-13-16(22(3)4)17-6-5-11-23-17/h5-11,16H,12-13H2,1-4H3,(H2,19,20,21). The minimum atomic E-state index is 0.155. The van der Waals surface area contributed by atoms with E-state index in [9.17, 15) is 0 Å². The summed E-state index contributed by atoms with van der Waals surface area (Å²) in [6, 6.07) is 12.6. The van der Waals surface area contributed by atoms with E-state index in [2.05, 4.69) is 51.7 Å². The van der Waals surface area contributed by atoms with E-state index < -0.39 is 0 Å². The SMILES string of the molecule is CN=C(NCc1ccc(C)cc1)NCC(c1ccco1)N(C)C. The molecule has 1 unspecified atom stereocenters. The van der Waals surface area contributed by atoms with E-state index in [1.165, 1.54) is 11.1 Å². The molecule has 0 fully saturated rings. The zero-order chi connectivity index (χ0) is 16.7. The van der Waals surface area contributed by atoms with E-state index in [-0.39, 0.29) is 6.04 Å². The Morgan fingerprint density at radius 2 is 1.91 bits per heavy atom. The molecular weight excluding hydrogens is 288 g/mol. The van der Waals surface area contributed by atoms with E-state index in [1.54, 1.807) is 13.3 Å². The molecule has 5 nitrogen and oxygen atoms in total. The molecule has 0 spiro atoms. The maximum Gasteiger partial charge on any atom is 0.191 e. The Morgan fingerprint density at radius 3 is 2.48 bits per heavy atom. The van der Waals surface area contributed by atoms with E-state index >= 15 is 0 Å². The van der Waals surface area contributed by atoms with Crippen molar-refractivity contribution in [1.29, 1.82) is 0 Å². The zero-order valence-corrected chi connectivity index (χ0v) is 14.3. The summed E-state index contributed by atoms with van der Waals surface area (Å²) in [4.78, 5) is 6.40. The van der Waals surface area contributed by atoms with Gasteiger partial charge in [0.1, 0.15) is 5.76 Å². The number of benzene rings is 1. The summed E-state index contributed by atoms with van der Waals surface area (Å²) >= 11 is 0. The molecule has 0 saturated heterocycles. The predicted octanol–water partition coefficient (Wildman–Crippen LogP) is 2.56. The van der Waals surface area contributed by atoms with Crippen LogP contribution in [0.1, 0.15) is 22.9 Å². The molecule has 0 bridgehead atoms. The molecular formula is C18H26N4O. The molecule has 0 aliphatic rings. The first-order chi connectivity index (χ1) is 11.1. The topological polar surface area (TPSA) is 52.8 Å². The van der Waals surface area contributed by atoms with Crippen LogP contribution in [0.5, 0.6) is 0 Å². The van der Waals surface area contributed by atoms with Crippen LogP contribution in [-0.2, 0) is 6.54 Å². The van der Waals surface area contributed by atoms with Crippen LogP contribution in [0.25, 0.3) is 0 Å². The number of rotatable bonds is 6. The number of nitrogens with zero attached hydrogens (tertiary/aromatic N) is 2. The second-order valence-corrected chi connectivity index (χ2v) is 5.79. The average molecular weight is 314 g/mol. The van der Waals surface area contributed by atoms with E-state index in [4.69, 9.17) is 4.42 Å². The highest BCUT2D eigenvalue weighted by Gasteiger charge is 2.17. The van der Waals surface area contributed by atoms with E-state index in [1.807, 2.05) is 26.2 Å². The van der Waals surface area contributed by atoms with Gasteiger partial charge in [0.25, 0.3) is 0 Å². The fourth-order valence-corrected chi connectivity index (χ4v) is 2.32. The lowest BCUT2D eigenvalue weighted by Gasteiger charge is -2.23. The summed E-state index contributed by atoms with van der Waals surface area (Å²) < 4.78 is 5.52.